The summed E-state index contributed by atoms with van der Waals surface area (Å²) in [5, 5.41) is 10.6. The molecule has 2 atom stereocenters. The number of nitrogens with one attached hydrogen (secondary N) is 1. The third kappa shape index (κ3) is 2.44. The minimum atomic E-state index is -0.0999. The van der Waals surface area contributed by atoms with E-state index in [4.69, 9.17) is 9.15 Å². The molecule has 124 valence electrons. The second-order valence-electron chi connectivity index (χ2n) is 5.90. The minimum Gasteiger partial charge on any atom is -0.441 e. The van der Waals surface area contributed by atoms with Crippen LogP contribution in [0.2, 0.25) is 0 Å². The smallest absolute Gasteiger partial charge is 0.254 e. The van der Waals surface area contributed by atoms with Crippen molar-refractivity contribution in [1.29, 1.82) is 0 Å². The van der Waals surface area contributed by atoms with Crippen LogP contribution in [0, 0.1) is 6.92 Å². The number of amides is 1. The van der Waals surface area contributed by atoms with Crippen molar-refractivity contribution in [2.75, 3.05) is 20.2 Å². The summed E-state index contributed by atoms with van der Waals surface area (Å²) in [4.78, 5) is 18.9. The molecule has 0 spiro atoms. The number of methoxy groups -OCH3 is 1. The SMILES string of the molecule is CO[C@@H]1CN(C(=O)c2ccc3oc(C)nc3c2)C[C@H]1c1cn[nH]n1. The fourth-order valence-electron chi connectivity index (χ4n) is 3.21. The summed E-state index contributed by atoms with van der Waals surface area (Å²) in [5.74, 6) is 0.544. The predicted octanol–water partition coefficient (Wildman–Crippen LogP) is 1.51. The summed E-state index contributed by atoms with van der Waals surface area (Å²) < 4.78 is 11.0. The van der Waals surface area contributed by atoms with Crippen LogP contribution in [0.25, 0.3) is 11.1 Å². The quantitative estimate of drug-likeness (QED) is 0.783. The molecule has 1 aliphatic rings. The van der Waals surface area contributed by atoms with Gasteiger partial charge in [-0.15, -0.1) is 0 Å². The van der Waals surface area contributed by atoms with Crippen LogP contribution in [-0.2, 0) is 4.74 Å². The lowest BCUT2D eigenvalue weighted by Gasteiger charge is -2.15. The van der Waals surface area contributed by atoms with Crippen molar-refractivity contribution >= 4 is 17.0 Å². The highest BCUT2D eigenvalue weighted by Gasteiger charge is 2.38. The van der Waals surface area contributed by atoms with Gasteiger partial charge >= 0.3 is 0 Å². The first-order chi connectivity index (χ1) is 11.7. The highest BCUT2D eigenvalue weighted by molar-refractivity contribution is 5.97. The highest BCUT2D eigenvalue weighted by atomic mass is 16.5. The van der Waals surface area contributed by atoms with E-state index in [9.17, 15) is 4.79 Å². The second-order valence-corrected chi connectivity index (χ2v) is 5.90. The number of carbonyl (C=O) groups is 1. The maximum atomic E-state index is 12.8. The average Bonchev–Trinajstić information content (AvgIpc) is 3.30. The summed E-state index contributed by atoms with van der Waals surface area (Å²) in [6.07, 6.45) is 1.58. The number of aromatic amines is 1. The highest BCUT2D eigenvalue weighted by Crippen LogP contribution is 2.29. The number of aryl methyl sites for hydroxylation is 1. The first kappa shape index (κ1) is 14.8. The Morgan fingerprint density at radius 1 is 1.42 bits per heavy atom. The van der Waals surface area contributed by atoms with Gasteiger partial charge in [-0.25, -0.2) is 4.98 Å². The van der Waals surface area contributed by atoms with Crippen molar-refractivity contribution in [1.82, 2.24) is 25.3 Å². The zero-order valence-electron chi connectivity index (χ0n) is 13.4. The molecule has 1 fully saturated rings. The van der Waals surface area contributed by atoms with Gasteiger partial charge in [0.2, 0.25) is 0 Å². The molecule has 3 heterocycles. The van der Waals surface area contributed by atoms with E-state index >= 15 is 0 Å². The molecular weight excluding hydrogens is 310 g/mol. The number of carbonyl (C=O) groups excluding carboxylic acids is 1. The molecular formula is C16H17N5O3. The number of oxazole rings is 1. The van der Waals surface area contributed by atoms with Gasteiger partial charge in [0, 0.05) is 32.7 Å². The molecule has 4 rings (SSSR count). The Labute approximate surface area is 137 Å². The summed E-state index contributed by atoms with van der Waals surface area (Å²) in [6, 6.07) is 5.31. The maximum Gasteiger partial charge on any atom is 0.254 e. The molecule has 8 nitrogen and oxygen atoms in total. The van der Waals surface area contributed by atoms with Gasteiger partial charge in [-0.3, -0.25) is 4.79 Å². The van der Waals surface area contributed by atoms with Gasteiger partial charge in [0.15, 0.2) is 11.5 Å². The first-order valence-corrected chi connectivity index (χ1v) is 7.70. The third-order valence-corrected chi connectivity index (χ3v) is 4.41. The van der Waals surface area contributed by atoms with E-state index in [-0.39, 0.29) is 17.9 Å². The summed E-state index contributed by atoms with van der Waals surface area (Å²) in [5.41, 5.74) is 2.76. The van der Waals surface area contributed by atoms with Crippen molar-refractivity contribution in [2.24, 2.45) is 0 Å². The average molecular weight is 327 g/mol. The zero-order chi connectivity index (χ0) is 16.7. The van der Waals surface area contributed by atoms with Crippen LogP contribution in [0.5, 0.6) is 0 Å². The third-order valence-electron chi connectivity index (χ3n) is 4.41. The van der Waals surface area contributed by atoms with Gasteiger partial charge in [0.1, 0.15) is 5.52 Å². The van der Waals surface area contributed by atoms with Crippen LogP contribution in [-0.4, -0.2) is 57.5 Å². The van der Waals surface area contributed by atoms with Gasteiger partial charge in [-0.2, -0.15) is 15.4 Å². The van der Waals surface area contributed by atoms with E-state index in [1.807, 2.05) is 0 Å². The zero-order valence-corrected chi connectivity index (χ0v) is 13.4. The molecule has 1 N–H and O–H groups in total. The summed E-state index contributed by atoms with van der Waals surface area (Å²) in [7, 11) is 1.65. The van der Waals surface area contributed by atoms with Crippen LogP contribution >= 0.6 is 0 Å². The molecule has 3 aromatic rings. The van der Waals surface area contributed by atoms with Gasteiger partial charge in [0.25, 0.3) is 5.91 Å². The fourth-order valence-corrected chi connectivity index (χ4v) is 3.21. The van der Waals surface area contributed by atoms with Gasteiger partial charge < -0.3 is 14.1 Å². The Morgan fingerprint density at radius 3 is 3.04 bits per heavy atom. The normalized spacial score (nSPS) is 20.8. The Bertz CT molecular complexity index is 873. The van der Waals surface area contributed by atoms with Crippen molar-refractivity contribution in [3.63, 3.8) is 0 Å². The molecule has 0 unspecified atom stereocenters. The summed E-state index contributed by atoms with van der Waals surface area (Å²) >= 11 is 0. The van der Waals surface area contributed by atoms with Crippen molar-refractivity contribution in [3.8, 4) is 0 Å². The number of likely N-dealkylation sites (tertiary alicyclic amines) is 1. The predicted molar refractivity (Wildman–Crippen MR) is 84.6 cm³/mol. The van der Waals surface area contributed by atoms with Crippen molar-refractivity contribution < 1.29 is 13.9 Å². The standard InChI is InChI=1S/C16H17N5O3/c1-9-18-12-5-10(3-4-14(12)24-9)16(22)21-7-11(15(8-21)23-2)13-6-17-20-19-13/h3-6,11,15H,7-8H2,1-2H3,(H,17,19,20)/t11-,15+/m0/s1. The number of hydrogen-bond donors (Lipinski definition) is 1. The Kier molecular flexibility index (Phi) is 3.53. The van der Waals surface area contributed by atoms with Gasteiger partial charge in [0.05, 0.1) is 23.9 Å². The number of benzene rings is 1. The number of nitrogens with zero attached hydrogens (tertiary/aromatic N) is 4. The van der Waals surface area contributed by atoms with E-state index < -0.39 is 0 Å². The fraction of sp³-hybridized carbons (Fsp3) is 0.375. The van der Waals surface area contributed by atoms with Gasteiger partial charge in [-0.05, 0) is 18.2 Å². The monoisotopic (exact) mass is 327 g/mol. The Morgan fingerprint density at radius 2 is 2.29 bits per heavy atom. The molecule has 0 radical (unpaired) electrons. The van der Waals surface area contributed by atoms with E-state index in [1.54, 1.807) is 43.3 Å². The minimum absolute atomic E-state index is 0.00993. The topological polar surface area (TPSA) is 97.1 Å². The van der Waals surface area contributed by atoms with Crippen molar-refractivity contribution in [2.45, 2.75) is 18.9 Å². The van der Waals surface area contributed by atoms with Crippen LogP contribution in [0.15, 0.2) is 28.8 Å². The Balaban J connectivity index is 1.59. The lowest BCUT2D eigenvalue weighted by atomic mass is 10.0. The first-order valence-electron chi connectivity index (χ1n) is 7.70. The van der Waals surface area contributed by atoms with E-state index in [2.05, 4.69) is 20.4 Å². The molecule has 0 aliphatic carbocycles. The molecule has 2 aromatic heterocycles. The number of fused-ring (bicyclic) bond motifs is 1. The maximum absolute atomic E-state index is 12.8. The molecule has 0 bridgehead atoms. The van der Waals surface area contributed by atoms with Crippen LogP contribution < -0.4 is 0 Å². The number of aromatic nitrogens is 4. The van der Waals surface area contributed by atoms with E-state index in [0.29, 0.717) is 35.6 Å². The summed E-state index contributed by atoms with van der Waals surface area (Å²) in [6.45, 7) is 2.84. The molecule has 1 amide bonds. The largest absolute Gasteiger partial charge is 0.441 e. The lowest BCUT2D eigenvalue weighted by Crippen LogP contribution is -2.29. The van der Waals surface area contributed by atoms with Crippen molar-refractivity contribution in [3.05, 3.63) is 41.5 Å². The van der Waals surface area contributed by atoms with Crippen LogP contribution in [0.3, 0.4) is 0 Å². The molecule has 1 aromatic carbocycles. The molecule has 0 saturated carbocycles. The molecule has 1 aliphatic heterocycles. The lowest BCUT2D eigenvalue weighted by molar-refractivity contribution is 0.0714. The molecule has 8 heteroatoms. The van der Waals surface area contributed by atoms with Gasteiger partial charge in [-0.1, -0.05) is 0 Å². The number of rotatable bonds is 3. The second kappa shape index (κ2) is 5.72. The molecule has 24 heavy (non-hydrogen) atoms. The van der Waals surface area contributed by atoms with E-state index in [0.717, 1.165) is 5.69 Å². The Hall–Kier alpha value is -2.74. The van der Waals surface area contributed by atoms with E-state index in [1.165, 1.54) is 0 Å². The van der Waals surface area contributed by atoms with Crippen LogP contribution in [0.4, 0.5) is 0 Å². The van der Waals surface area contributed by atoms with Crippen LogP contribution in [0.1, 0.15) is 27.9 Å². The number of hydrogen-bond acceptors (Lipinski definition) is 6. The number of H-pyrrole nitrogens is 1. The number of ether oxygens (including phenoxy) is 1. The molecule has 1 saturated heterocycles.